The molecular weight excluding hydrogens is 250 g/mol. The highest BCUT2D eigenvalue weighted by atomic mass is 16.5. The molecule has 1 aromatic carbocycles. The fraction of sp³-hybridized carbons (Fsp3) is 0.625. The van der Waals surface area contributed by atoms with Crippen molar-refractivity contribution in [2.24, 2.45) is 5.73 Å². The van der Waals surface area contributed by atoms with Crippen LogP contribution in [0.3, 0.4) is 0 Å². The second kappa shape index (κ2) is 7.62. The lowest BCUT2D eigenvalue weighted by Crippen LogP contribution is -2.43. The number of anilines is 1. The summed E-state index contributed by atoms with van der Waals surface area (Å²) in [6.45, 7) is 11.1. The number of nitrogens with zero attached hydrogens (tertiary/aromatic N) is 2. The van der Waals surface area contributed by atoms with Crippen molar-refractivity contribution in [3.63, 3.8) is 0 Å². The van der Waals surface area contributed by atoms with Crippen LogP contribution in [0.2, 0.25) is 0 Å². The number of hydrogen-bond acceptors (Lipinski definition) is 4. The van der Waals surface area contributed by atoms with E-state index < -0.39 is 0 Å². The fourth-order valence-corrected chi connectivity index (χ4v) is 2.58. The summed E-state index contributed by atoms with van der Waals surface area (Å²) in [5.74, 6) is 0. The second-order valence-corrected chi connectivity index (χ2v) is 5.61. The van der Waals surface area contributed by atoms with Gasteiger partial charge in [-0.25, -0.2) is 0 Å². The van der Waals surface area contributed by atoms with Crippen LogP contribution in [-0.2, 0) is 11.3 Å². The quantitative estimate of drug-likeness (QED) is 0.859. The van der Waals surface area contributed by atoms with E-state index in [9.17, 15) is 0 Å². The van der Waals surface area contributed by atoms with Crippen molar-refractivity contribution in [1.29, 1.82) is 0 Å². The van der Waals surface area contributed by atoms with Gasteiger partial charge in [0.25, 0.3) is 0 Å². The molecule has 2 N–H and O–H groups in total. The van der Waals surface area contributed by atoms with Crippen molar-refractivity contribution < 1.29 is 4.74 Å². The highest BCUT2D eigenvalue weighted by Crippen LogP contribution is 2.18. The second-order valence-electron chi connectivity index (χ2n) is 5.61. The average molecular weight is 277 g/mol. The molecule has 0 amide bonds. The van der Waals surface area contributed by atoms with Crippen LogP contribution in [0.15, 0.2) is 24.3 Å². The number of ether oxygens (including phenoxy) is 1. The highest BCUT2D eigenvalue weighted by molar-refractivity contribution is 5.48. The molecule has 0 unspecified atom stereocenters. The van der Waals surface area contributed by atoms with Gasteiger partial charge >= 0.3 is 0 Å². The van der Waals surface area contributed by atoms with Crippen molar-refractivity contribution in [2.45, 2.75) is 26.4 Å². The zero-order chi connectivity index (χ0) is 14.4. The molecule has 0 spiro atoms. The van der Waals surface area contributed by atoms with Gasteiger partial charge in [0.15, 0.2) is 0 Å². The maximum atomic E-state index is 5.66. The van der Waals surface area contributed by atoms with Crippen molar-refractivity contribution in [3.05, 3.63) is 29.8 Å². The van der Waals surface area contributed by atoms with Crippen LogP contribution < -0.4 is 10.6 Å². The van der Waals surface area contributed by atoms with Gasteiger partial charge in [-0.15, -0.1) is 0 Å². The normalized spacial score (nSPS) is 16.6. The van der Waals surface area contributed by atoms with Gasteiger partial charge in [-0.1, -0.05) is 12.1 Å². The van der Waals surface area contributed by atoms with Crippen molar-refractivity contribution in [3.8, 4) is 0 Å². The zero-order valence-corrected chi connectivity index (χ0v) is 12.7. The molecule has 1 aliphatic heterocycles. The standard InChI is InChI=1S/C16H27N3O/c1-14(2)19(8-7-18-9-11-20-12-10-18)16-5-3-15(13-17)4-6-16/h3-6,14H,7-13,17H2,1-2H3. The summed E-state index contributed by atoms with van der Waals surface area (Å²) in [6, 6.07) is 9.11. The van der Waals surface area contributed by atoms with Crippen LogP contribution in [0.25, 0.3) is 0 Å². The number of nitrogens with two attached hydrogens (primary N) is 1. The third kappa shape index (κ3) is 4.20. The van der Waals surface area contributed by atoms with Gasteiger partial charge in [-0.3, -0.25) is 4.90 Å². The lowest BCUT2D eigenvalue weighted by atomic mass is 10.1. The summed E-state index contributed by atoms with van der Waals surface area (Å²) in [5.41, 5.74) is 8.13. The summed E-state index contributed by atoms with van der Waals surface area (Å²) in [6.07, 6.45) is 0. The molecule has 20 heavy (non-hydrogen) atoms. The molecule has 4 heteroatoms. The van der Waals surface area contributed by atoms with Gasteiger partial charge in [-0.05, 0) is 31.5 Å². The highest BCUT2D eigenvalue weighted by Gasteiger charge is 2.14. The Hall–Kier alpha value is -1.10. The van der Waals surface area contributed by atoms with E-state index in [0.717, 1.165) is 39.4 Å². The lowest BCUT2D eigenvalue weighted by molar-refractivity contribution is 0.0390. The molecule has 112 valence electrons. The van der Waals surface area contributed by atoms with E-state index in [1.165, 1.54) is 11.3 Å². The molecule has 1 saturated heterocycles. The van der Waals surface area contributed by atoms with Crippen molar-refractivity contribution >= 4 is 5.69 Å². The molecule has 0 saturated carbocycles. The van der Waals surface area contributed by atoms with Crippen LogP contribution in [0.5, 0.6) is 0 Å². The molecular formula is C16H27N3O. The summed E-state index contributed by atoms with van der Waals surface area (Å²) in [5, 5.41) is 0. The van der Waals surface area contributed by atoms with Gasteiger partial charge < -0.3 is 15.4 Å². The molecule has 1 fully saturated rings. The van der Waals surface area contributed by atoms with E-state index >= 15 is 0 Å². The van der Waals surface area contributed by atoms with Gasteiger partial charge in [0, 0.05) is 44.5 Å². The molecule has 1 aliphatic rings. The number of hydrogen-bond donors (Lipinski definition) is 1. The van der Waals surface area contributed by atoms with Crippen LogP contribution in [0.4, 0.5) is 5.69 Å². The molecule has 4 nitrogen and oxygen atoms in total. The third-order valence-corrected chi connectivity index (χ3v) is 3.89. The molecule has 0 atom stereocenters. The Morgan fingerprint density at radius 1 is 1.20 bits per heavy atom. The molecule has 1 aromatic rings. The predicted molar refractivity (Wildman–Crippen MR) is 84.1 cm³/mol. The fourth-order valence-electron chi connectivity index (χ4n) is 2.58. The minimum atomic E-state index is 0.500. The topological polar surface area (TPSA) is 41.7 Å². The molecule has 0 aliphatic carbocycles. The van der Waals surface area contributed by atoms with Gasteiger partial charge in [0.2, 0.25) is 0 Å². The van der Waals surface area contributed by atoms with Gasteiger partial charge in [0.05, 0.1) is 13.2 Å². The number of morpholine rings is 1. The predicted octanol–water partition coefficient (Wildman–Crippen LogP) is 1.69. The van der Waals surface area contributed by atoms with E-state index in [1.807, 2.05) is 0 Å². The van der Waals surface area contributed by atoms with Crippen molar-refractivity contribution in [2.75, 3.05) is 44.3 Å². The minimum absolute atomic E-state index is 0.500. The van der Waals surface area contributed by atoms with Crippen LogP contribution >= 0.6 is 0 Å². The smallest absolute Gasteiger partial charge is 0.0594 e. The first-order chi connectivity index (χ1) is 9.70. The van der Waals surface area contributed by atoms with Crippen LogP contribution in [0.1, 0.15) is 19.4 Å². The number of benzene rings is 1. The Kier molecular flexibility index (Phi) is 5.83. The minimum Gasteiger partial charge on any atom is -0.379 e. The molecule has 0 aromatic heterocycles. The van der Waals surface area contributed by atoms with E-state index in [2.05, 4.69) is 47.9 Å². The molecule has 0 bridgehead atoms. The van der Waals surface area contributed by atoms with Gasteiger partial charge in [-0.2, -0.15) is 0 Å². The van der Waals surface area contributed by atoms with E-state index in [0.29, 0.717) is 12.6 Å². The van der Waals surface area contributed by atoms with Crippen molar-refractivity contribution in [1.82, 2.24) is 4.90 Å². The monoisotopic (exact) mass is 277 g/mol. The Labute approximate surface area is 122 Å². The molecule has 2 rings (SSSR count). The van der Waals surface area contributed by atoms with Crippen LogP contribution in [-0.4, -0.2) is 50.3 Å². The third-order valence-electron chi connectivity index (χ3n) is 3.89. The number of rotatable bonds is 6. The molecule has 0 radical (unpaired) electrons. The Balaban J connectivity index is 1.94. The first kappa shape index (κ1) is 15.3. The van der Waals surface area contributed by atoms with Crippen LogP contribution in [0, 0.1) is 0 Å². The SMILES string of the molecule is CC(C)N(CCN1CCOCC1)c1ccc(CN)cc1. The first-order valence-electron chi connectivity index (χ1n) is 7.56. The Bertz CT molecular complexity index is 385. The Morgan fingerprint density at radius 2 is 1.85 bits per heavy atom. The average Bonchev–Trinajstić information content (AvgIpc) is 2.49. The van der Waals surface area contributed by atoms with Gasteiger partial charge in [0.1, 0.15) is 0 Å². The Morgan fingerprint density at radius 3 is 2.40 bits per heavy atom. The maximum absolute atomic E-state index is 5.66. The maximum Gasteiger partial charge on any atom is 0.0594 e. The zero-order valence-electron chi connectivity index (χ0n) is 12.7. The molecule has 1 heterocycles. The first-order valence-corrected chi connectivity index (χ1v) is 7.56. The summed E-state index contributed by atoms with van der Waals surface area (Å²) >= 11 is 0. The summed E-state index contributed by atoms with van der Waals surface area (Å²) < 4.78 is 5.40. The largest absolute Gasteiger partial charge is 0.379 e. The summed E-state index contributed by atoms with van der Waals surface area (Å²) in [7, 11) is 0. The van der Waals surface area contributed by atoms with E-state index in [-0.39, 0.29) is 0 Å². The lowest BCUT2D eigenvalue weighted by Gasteiger charge is -2.33. The van der Waals surface area contributed by atoms with E-state index in [1.54, 1.807) is 0 Å². The summed E-state index contributed by atoms with van der Waals surface area (Å²) in [4.78, 5) is 4.93. The van der Waals surface area contributed by atoms with E-state index in [4.69, 9.17) is 10.5 Å².